The van der Waals surface area contributed by atoms with E-state index in [-0.39, 0.29) is 0 Å². The topological polar surface area (TPSA) is 55.0 Å². The Bertz CT molecular complexity index is 353. The second kappa shape index (κ2) is 5.31. The molecule has 1 aliphatic heterocycles. The lowest BCUT2D eigenvalue weighted by Gasteiger charge is -2.33. The van der Waals surface area contributed by atoms with Gasteiger partial charge in [0.1, 0.15) is 5.82 Å². The second-order valence-electron chi connectivity index (χ2n) is 5.27. The van der Waals surface area contributed by atoms with Crippen LogP contribution in [0.2, 0.25) is 0 Å². The quantitative estimate of drug-likeness (QED) is 0.898. The number of anilines is 1. The highest BCUT2D eigenvalue weighted by molar-refractivity contribution is 7.09. The molecule has 0 radical (unpaired) electrons. The minimum atomic E-state index is 0.317. The average Bonchev–Trinajstić information content (AvgIpc) is 2.78. The predicted molar refractivity (Wildman–Crippen MR) is 72.6 cm³/mol. The van der Waals surface area contributed by atoms with E-state index in [4.69, 9.17) is 5.73 Å². The summed E-state index contributed by atoms with van der Waals surface area (Å²) in [6.07, 6.45) is 2.35. The van der Waals surface area contributed by atoms with E-state index >= 15 is 0 Å². The van der Waals surface area contributed by atoms with Gasteiger partial charge in [-0.15, -0.1) is 0 Å². The van der Waals surface area contributed by atoms with Crippen LogP contribution in [0.25, 0.3) is 0 Å². The number of aromatic nitrogens is 2. The number of nitrogens with zero attached hydrogens (tertiary/aromatic N) is 3. The van der Waals surface area contributed by atoms with Crippen LogP contribution in [-0.4, -0.2) is 28.5 Å². The van der Waals surface area contributed by atoms with E-state index in [1.54, 1.807) is 0 Å². The molecule has 17 heavy (non-hydrogen) atoms. The molecule has 0 aliphatic carbocycles. The van der Waals surface area contributed by atoms with Crippen LogP contribution in [0.1, 0.15) is 45.4 Å². The molecule has 4 nitrogen and oxygen atoms in total. The third-order valence-corrected chi connectivity index (χ3v) is 4.29. The molecular weight excluding hydrogens is 232 g/mol. The molecular formula is C12H22N4S. The van der Waals surface area contributed by atoms with Crippen molar-refractivity contribution in [2.24, 2.45) is 11.7 Å². The first-order valence-electron chi connectivity index (χ1n) is 6.42. The zero-order chi connectivity index (χ0) is 12.4. The maximum absolute atomic E-state index is 5.95. The molecule has 1 saturated heterocycles. The molecule has 1 aromatic heterocycles. The lowest BCUT2D eigenvalue weighted by atomic mass is 9.91. The van der Waals surface area contributed by atoms with Gasteiger partial charge in [0, 0.05) is 36.6 Å². The van der Waals surface area contributed by atoms with E-state index in [9.17, 15) is 0 Å². The number of hydrogen-bond acceptors (Lipinski definition) is 5. The molecule has 1 fully saturated rings. The van der Waals surface area contributed by atoms with Crippen LogP contribution in [0.15, 0.2) is 0 Å². The van der Waals surface area contributed by atoms with Gasteiger partial charge in [0.05, 0.1) is 0 Å². The van der Waals surface area contributed by atoms with Gasteiger partial charge in [-0.25, -0.2) is 4.98 Å². The summed E-state index contributed by atoms with van der Waals surface area (Å²) in [7, 11) is 0. The SMILES string of the molecule is CC(C)c1nsc(N2CCC(C(C)N)CC2)n1. The molecule has 5 heteroatoms. The first-order chi connectivity index (χ1) is 8.08. The Labute approximate surface area is 107 Å². The van der Waals surface area contributed by atoms with E-state index in [1.165, 1.54) is 24.4 Å². The second-order valence-corrected chi connectivity index (χ2v) is 6.00. The fraction of sp³-hybridized carbons (Fsp3) is 0.833. The van der Waals surface area contributed by atoms with Crippen LogP contribution in [0.5, 0.6) is 0 Å². The van der Waals surface area contributed by atoms with Gasteiger partial charge in [-0.2, -0.15) is 4.37 Å². The van der Waals surface area contributed by atoms with Crippen molar-refractivity contribution in [2.75, 3.05) is 18.0 Å². The lowest BCUT2D eigenvalue weighted by Crippen LogP contribution is -2.39. The summed E-state index contributed by atoms with van der Waals surface area (Å²) in [4.78, 5) is 6.96. The van der Waals surface area contributed by atoms with Gasteiger partial charge < -0.3 is 10.6 Å². The van der Waals surface area contributed by atoms with Gasteiger partial charge >= 0.3 is 0 Å². The fourth-order valence-corrected chi connectivity index (χ4v) is 3.07. The van der Waals surface area contributed by atoms with E-state index in [1.807, 2.05) is 0 Å². The number of nitrogens with two attached hydrogens (primary N) is 1. The monoisotopic (exact) mass is 254 g/mol. The minimum absolute atomic E-state index is 0.317. The van der Waals surface area contributed by atoms with Crippen LogP contribution < -0.4 is 10.6 Å². The van der Waals surface area contributed by atoms with Crippen molar-refractivity contribution in [1.29, 1.82) is 0 Å². The van der Waals surface area contributed by atoms with E-state index in [0.717, 1.165) is 24.0 Å². The molecule has 2 rings (SSSR count). The number of rotatable bonds is 3. The van der Waals surface area contributed by atoms with Crippen molar-refractivity contribution >= 4 is 16.7 Å². The zero-order valence-electron chi connectivity index (χ0n) is 10.9. The minimum Gasteiger partial charge on any atom is -0.347 e. The molecule has 2 heterocycles. The normalized spacial score (nSPS) is 19.9. The van der Waals surface area contributed by atoms with Crippen molar-refractivity contribution in [2.45, 2.75) is 45.6 Å². The van der Waals surface area contributed by atoms with Gasteiger partial charge in [-0.05, 0) is 25.7 Å². The molecule has 2 N–H and O–H groups in total. The highest BCUT2D eigenvalue weighted by Crippen LogP contribution is 2.27. The molecule has 0 saturated carbocycles. The summed E-state index contributed by atoms with van der Waals surface area (Å²) in [5, 5.41) is 1.08. The highest BCUT2D eigenvalue weighted by Gasteiger charge is 2.24. The molecule has 0 spiro atoms. The van der Waals surface area contributed by atoms with Gasteiger partial charge in [-0.1, -0.05) is 13.8 Å². The highest BCUT2D eigenvalue weighted by atomic mass is 32.1. The van der Waals surface area contributed by atoms with E-state index < -0.39 is 0 Å². The Morgan fingerprint density at radius 2 is 1.94 bits per heavy atom. The first kappa shape index (κ1) is 12.8. The van der Waals surface area contributed by atoms with Gasteiger partial charge in [-0.3, -0.25) is 0 Å². The summed E-state index contributed by atoms with van der Waals surface area (Å²) in [6.45, 7) is 8.52. The van der Waals surface area contributed by atoms with Crippen LogP contribution in [0.4, 0.5) is 5.13 Å². The molecule has 1 unspecified atom stereocenters. The Morgan fingerprint density at radius 3 is 2.41 bits per heavy atom. The standard InChI is InChI=1S/C12H22N4S/c1-8(2)11-14-12(17-15-11)16-6-4-10(5-7-16)9(3)13/h8-10H,4-7,13H2,1-3H3. The van der Waals surface area contributed by atoms with Crippen molar-refractivity contribution in [3.63, 3.8) is 0 Å². The Balaban J connectivity index is 1.96. The van der Waals surface area contributed by atoms with Crippen LogP contribution in [-0.2, 0) is 0 Å². The predicted octanol–water partition coefficient (Wildman–Crippen LogP) is 2.23. The maximum atomic E-state index is 5.95. The van der Waals surface area contributed by atoms with Gasteiger partial charge in [0.2, 0.25) is 5.13 Å². The zero-order valence-corrected chi connectivity index (χ0v) is 11.7. The lowest BCUT2D eigenvalue weighted by molar-refractivity contribution is 0.354. The van der Waals surface area contributed by atoms with Crippen LogP contribution in [0.3, 0.4) is 0 Å². The van der Waals surface area contributed by atoms with Crippen LogP contribution >= 0.6 is 11.5 Å². The Morgan fingerprint density at radius 1 is 1.29 bits per heavy atom. The van der Waals surface area contributed by atoms with Crippen molar-refractivity contribution in [3.8, 4) is 0 Å². The molecule has 1 aliphatic rings. The molecule has 1 aromatic rings. The molecule has 96 valence electrons. The maximum Gasteiger partial charge on any atom is 0.205 e. The van der Waals surface area contributed by atoms with Crippen molar-refractivity contribution < 1.29 is 0 Å². The van der Waals surface area contributed by atoms with E-state index in [2.05, 4.69) is 35.0 Å². The summed E-state index contributed by atoms with van der Waals surface area (Å²) >= 11 is 1.53. The smallest absolute Gasteiger partial charge is 0.205 e. The largest absolute Gasteiger partial charge is 0.347 e. The van der Waals surface area contributed by atoms with Crippen molar-refractivity contribution in [1.82, 2.24) is 9.36 Å². The summed E-state index contributed by atoms with van der Waals surface area (Å²) in [5.74, 6) is 2.06. The van der Waals surface area contributed by atoms with Gasteiger partial charge in [0.25, 0.3) is 0 Å². The first-order valence-corrected chi connectivity index (χ1v) is 7.19. The number of hydrogen-bond donors (Lipinski definition) is 1. The fourth-order valence-electron chi connectivity index (χ4n) is 2.21. The van der Waals surface area contributed by atoms with E-state index in [0.29, 0.717) is 17.9 Å². The summed E-state index contributed by atoms with van der Waals surface area (Å²) < 4.78 is 4.41. The molecule has 0 aromatic carbocycles. The molecule has 1 atom stereocenters. The third kappa shape index (κ3) is 2.96. The Hall–Kier alpha value is -0.680. The summed E-state index contributed by atoms with van der Waals surface area (Å²) in [5.41, 5.74) is 5.95. The van der Waals surface area contributed by atoms with Gasteiger partial charge in [0.15, 0.2) is 0 Å². The summed E-state index contributed by atoms with van der Waals surface area (Å²) in [6, 6.07) is 0.317. The molecule has 0 bridgehead atoms. The van der Waals surface area contributed by atoms with Crippen LogP contribution in [0, 0.1) is 5.92 Å². The Kier molecular flexibility index (Phi) is 3.99. The molecule has 0 amide bonds. The van der Waals surface area contributed by atoms with Crippen molar-refractivity contribution in [3.05, 3.63) is 5.82 Å². The average molecular weight is 254 g/mol. The third-order valence-electron chi connectivity index (χ3n) is 3.50. The number of piperidine rings is 1.